The summed E-state index contributed by atoms with van der Waals surface area (Å²) in [6.45, 7) is 7.90. The molecule has 2 saturated heterocycles. The Bertz CT molecular complexity index is 468. The molecule has 1 aromatic rings. The van der Waals surface area contributed by atoms with E-state index in [1.165, 1.54) is 11.1 Å². The first-order valence-electron chi connectivity index (χ1n) is 8.25. The zero-order chi connectivity index (χ0) is 14.7. The predicted octanol–water partition coefficient (Wildman–Crippen LogP) is 3.23. The average molecular weight is 289 g/mol. The van der Waals surface area contributed by atoms with Crippen LogP contribution in [0.15, 0.2) is 24.3 Å². The fourth-order valence-electron chi connectivity index (χ4n) is 3.90. The van der Waals surface area contributed by atoms with E-state index in [2.05, 4.69) is 43.4 Å². The van der Waals surface area contributed by atoms with E-state index in [4.69, 9.17) is 9.47 Å². The normalized spacial score (nSPS) is 30.7. The van der Waals surface area contributed by atoms with E-state index in [1.807, 2.05) is 0 Å². The van der Waals surface area contributed by atoms with Crippen LogP contribution in [-0.4, -0.2) is 32.0 Å². The van der Waals surface area contributed by atoms with Crippen molar-refractivity contribution in [1.29, 1.82) is 0 Å². The minimum absolute atomic E-state index is 0.0146. The Hall–Kier alpha value is -0.900. The van der Waals surface area contributed by atoms with E-state index in [9.17, 15) is 0 Å². The third-order valence-corrected chi connectivity index (χ3v) is 5.02. The van der Waals surface area contributed by atoms with Gasteiger partial charge in [-0.2, -0.15) is 0 Å². The number of hydrogen-bond acceptors (Lipinski definition) is 3. The van der Waals surface area contributed by atoms with Crippen molar-refractivity contribution in [2.24, 2.45) is 5.92 Å². The maximum absolute atomic E-state index is 6.10. The summed E-state index contributed by atoms with van der Waals surface area (Å²) in [5, 5.41) is 3.72. The molecule has 0 radical (unpaired) electrons. The molecule has 3 rings (SSSR count). The number of ether oxygens (including phenoxy) is 2. The molecule has 0 saturated carbocycles. The molecule has 116 valence electrons. The van der Waals surface area contributed by atoms with Crippen LogP contribution in [0, 0.1) is 12.8 Å². The van der Waals surface area contributed by atoms with Gasteiger partial charge in [0, 0.05) is 25.7 Å². The van der Waals surface area contributed by atoms with Crippen LogP contribution in [0.4, 0.5) is 0 Å². The van der Waals surface area contributed by atoms with E-state index in [-0.39, 0.29) is 5.60 Å². The van der Waals surface area contributed by atoms with Crippen molar-refractivity contribution in [3.05, 3.63) is 35.4 Å². The number of benzene rings is 1. The van der Waals surface area contributed by atoms with Gasteiger partial charge in [-0.05, 0) is 43.4 Å². The first-order chi connectivity index (χ1) is 10.2. The standard InChI is InChI=1S/C18H27NO2/c1-3-19-17(16-7-5-4-6-14(16)2)15-8-10-21-18(12-15)9-11-20-13-18/h4-7,15,17,19H,3,8-13H2,1-2H3. The Morgan fingerprint density at radius 2 is 2.19 bits per heavy atom. The van der Waals surface area contributed by atoms with Gasteiger partial charge in [-0.25, -0.2) is 0 Å². The molecule has 0 bridgehead atoms. The van der Waals surface area contributed by atoms with Crippen LogP contribution in [0.25, 0.3) is 0 Å². The highest BCUT2D eigenvalue weighted by atomic mass is 16.6. The maximum Gasteiger partial charge on any atom is 0.0940 e. The lowest BCUT2D eigenvalue weighted by Gasteiger charge is -2.41. The highest BCUT2D eigenvalue weighted by Crippen LogP contribution is 2.41. The second-order valence-corrected chi connectivity index (χ2v) is 6.48. The SMILES string of the molecule is CCNC(c1ccccc1C)C1CCOC2(CCOC2)C1. The van der Waals surface area contributed by atoms with Crippen molar-refractivity contribution in [1.82, 2.24) is 5.32 Å². The van der Waals surface area contributed by atoms with Gasteiger partial charge < -0.3 is 14.8 Å². The van der Waals surface area contributed by atoms with Crippen LogP contribution in [0.2, 0.25) is 0 Å². The van der Waals surface area contributed by atoms with Gasteiger partial charge in [0.05, 0.1) is 12.2 Å². The summed E-state index contributed by atoms with van der Waals surface area (Å²) in [6.07, 6.45) is 3.29. The third kappa shape index (κ3) is 3.15. The second-order valence-electron chi connectivity index (χ2n) is 6.48. The molecule has 2 heterocycles. The van der Waals surface area contributed by atoms with Crippen molar-refractivity contribution in [2.45, 2.75) is 44.8 Å². The summed E-state index contributed by atoms with van der Waals surface area (Å²) in [4.78, 5) is 0. The number of nitrogens with one attached hydrogen (secondary N) is 1. The zero-order valence-electron chi connectivity index (χ0n) is 13.2. The van der Waals surface area contributed by atoms with Crippen LogP contribution in [0.3, 0.4) is 0 Å². The van der Waals surface area contributed by atoms with Crippen LogP contribution < -0.4 is 5.32 Å². The molecule has 2 aliphatic rings. The van der Waals surface area contributed by atoms with Crippen molar-refractivity contribution < 1.29 is 9.47 Å². The Morgan fingerprint density at radius 3 is 2.90 bits per heavy atom. The van der Waals surface area contributed by atoms with Gasteiger partial charge in [-0.15, -0.1) is 0 Å². The van der Waals surface area contributed by atoms with Crippen molar-refractivity contribution in [3.63, 3.8) is 0 Å². The quantitative estimate of drug-likeness (QED) is 0.923. The molecule has 1 aromatic carbocycles. The molecule has 1 spiro atoms. The van der Waals surface area contributed by atoms with Gasteiger partial charge >= 0.3 is 0 Å². The molecule has 1 N–H and O–H groups in total. The van der Waals surface area contributed by atoms with E-state index in [0.717, 1.165) is 45.6 Å². The fraction of sp³-hybridized carbons (Fsp3) is 0.667. The third-order valence-electron chi connectivity index (χ3n) is 5.02. The van der Waals surface area contributed by atoms with E-state index < -0.39 is 0 Å². The first-order valence-corrected chi connectivity index (χ1v) is 8.25. The lowest BCUT2D eigenvalue weighted by atomic mass is 9.78. The Kier molecular flexibility index (Phi) is 4.63. The van der Waals surface area contributed by atoms with E-state index >= 15 is 0 Å². The molecular weight excluding hydrogens is 262 g/mol. The van der Waals surface area contributed by atoms with Gasteiger partial charge in [0.25, 0.3) is 0 Å². The summed E-state index contributed by atoms with van der Waals surface area (Å²) in [5.74, 6) is 0.626. The van der Waals surface area contributed by atoms with Gasteiger partial charge in [0.1, 0.15) is 0 Å². The Labute approximate surface area is 128 Å². The lowest BCUT2D eigenvalue weighted by molar-refractivity contribution is -0.103. The molecule has 3 atom stereocenters. The number of hydrogen-bond donors (Lipinski definition) is 1. The van der Waals surface area contributed by atoms with Crippen LogP contribution in [0.5, 0.6) is 0 Å². The van der Waals surface area contributed by atoms with Crippen LogP contribution in [0.1, 0.15) is 43.4 Å². The smallest absolute Gasteiger partial charge is 0.0940 e. The molecule has 2 fully saturated rings. The molecule has 2 aliphatic heterocycles. The summed E-state index contributed by atoms with van der Waals surface area (Å²) in [6, 6.07) is 9.19. The molecule has 0 amide bonds. The topological polar surface area (TPSA) is 30.5 Å². The highest BCUT2D eigenvalue weighted by molar-refractivity contribution is 5.29. The molecule has 0 aromatic heterocycles. The molecule has 21 heavy (non-hydrogen) atoms. The molecule has 3 nitrogen and oxygen atoms in total. The fourth-order valence-corrected chi connectivity index (χ4v) is 3.90. The zero-order valence-corrected chi connectivity index (χ0v) is 13.2. The average Bonchev–Trinajstić information content (AvgIpc) is 2.93. The summed E-state index contributed by atoms with van der Waals surface area (Å²) in [7, 11) is 0. The van der Waals surface area contributed by atoms with Gasteiger partial charge in [0.15, 0.2) is 0 Å². The van der Waals surface area contributed by atoms with E-state index in [0.29, 0.717) is 12.0 Å². The summed E-state index contributed by atoms with van der Waals surface area (Å²) < 4.78 is 11.7. The number of rotatable bonds is 4. The second kappa shape index (κ2) is 6.47. The highest BCUT2D eigenvalue weighted by Gasteiger charge is 2.43. The van der Waals surface area contributed by atoms with Gasteiger partial charge in [0.2, 0.25) is 0 Å². The molecule has 3 unspecified atom stereocenters. The Morgan fingerprint density at radius 1 is 1.33 bits per heavy atom. The maximum atomic E-state index is 6.10. The monoisotopic (exact) mass is 289 g/mol. The molecular formula is C18H27NO2. The van der Waals surface area contributed by atoms with Crippen LogP contribution in [-0.2, 0) is 9.47 Å². The van der Waals surface area contributed by atoms with Gasteiger partial charge in [-0.3, -0.25) is 0 Å². The molecule has 3 heteroatoms. The summed E-state index contributed by atoms with van der Waals surface area (Å²) >= 11 is 0. The number of aryl methyl sites for hydroxylation is 1. The van der Waals surface area contributed by atoms with Crippen molar-refractivity contribution >= 4 is 0 Å². The minimum Gasteiger partial charge on any atom is -0.378 e. The van der Waals surface area contributed by atoms with Gasteiger partial charge in [-0.1, -0.05) is 31.2 Å². The summed E-state index contributed by atoms with van der Waals surface area (Å²) in [5.41, 5.74) is 2.81. The van der Waals surface area contributed by atoms with E-state index in [1.54, 1.807) is 0 Å². The minimum atomic E-state index is -0.0146. The first kappa shape index (κ1) is 15.0. The molecule has 0 aliphatic carbocycles. The lowest BCUT2D eigenvalue weighted by Crippen LogP contribution is -2.44. The van der Waals surface area contributed by atoms with Crippen molar-refractivity contribution in [3.8, 4) is 0 Å². The van der Waals surface area contributed by atoms with Crippen LogP contribution >= 0.6 is 0 Å². The predicted molar refractivity (Wildman–Crippen MR) is 84.4 cm³/mol. The van der Waals surface area contributed by atoms with Crippen molar-refractivity contribution in [2.75, 3.05) is 26.4 Å². The largest absolute Gasteiger partial charge is 0.378 e. The Balaban J connectivity index is 1.82.